The summed E-state index contributed by atoms with van der Waals surface area (Å²) in [7, 11) is 0. The van der Waals surface area contributed by atoms with Crippen molar-refractivity contribution < 1.29 is 9.72 Å². The van der Waals surface area contributed by atoms with Gasteiger partial charge in [0.25, 0.3) is 5.69 Å². The molecule has 1 amide bonds. The Kier molecular flexibility index (Phi) is 5.59. The fourth-order valence-electron chi connectivity index (χ4n) is 2.39. The van der Waals surface area contributed by atoms with Crippen LogP contribution in [0.3, 0.4) is 0 Å². The van der Waals surface area contributed by atoms with Gasteiger partial charge in [-0.3, -0.25) is 14.9 Å². The number of carbonyl (C=O) groups excluding carboxylic acids is 1. The molecular weight excluding hydrogens is 342 g/mol. The van der Waals surface area contributed by atoms with E-state index in [-0.39, 0.29) is 11.6 Å². The zero-order valence-corrected chi connectivity index (χ0v) is 14.3. The van der Waals surface area contributed by atoms with Crippen molar-refractivity contribution in [2.45, 2.75) is 0 Å². The summed E-state index contributed by atoms with van der Waals surface area (Å²) in [6.07, 6.45) is 2.99. The second-order valence-corrected chi connectivity index (χ2v) is 5.74. The third kappa shape index (κ3) is 5.27. The molecule has 3 aromatic carbocycles. The van der Waals surface area contributed by atoms with Crippen molar-refractivity contribution >= 4 is 34.7 Å². The number of nitrogens with zero attached hydrogens (tertiary/aromatic N) is 1. The second kappa shape index (κ2) is 8.44. The van der Waals surface area contributed by atoms with Crippen LogP contribution in [0.25, 0.3) is 6.08 Å². The monoisotopic (exact) mass is 359 g/mol. The predicted octanol–water partition coefficient (Wildman–Crippen LogP) is 4.99. The van der Waals surface area contributed by atoms with Gasteiger partial charge in [0, 0.05) is 35.3 Å². The molecule has 27 heavy (non-hydrogen) atoms. The van der Waals surface area contributed by atoms with Gasteiger partial charge < -0.3 is 10.6 Å². The highest BCUT2D eigenvalue weighted by Gasteiger charge is 2.03. The first-order valence-electron chi connectivity index (χ1n) is 8.26. The minimum Gasteiger partial charge on any atom is -0.356 e. The largest absolute Gasteiger partial charge is 0.356 e. The van der Waals surface area contributed by atoms with Gasteiger partial charge in [-0.25, -0.2) is 0 Å². The molecule has 0 aliphatic carbocycles. The molecule has 0 saturated heterocycles. The van der Waals surface area contributed by atoms with E-state index in [1.807, 2.05) is 54.6 Å². The van der Waals surface area contributed by atoms with Gasteiger partial charge in [-0.1, -0.05) is 18.2 Å². The van der Waals surface area contributed by atoms with E-state index in [9.17, 15) is 14.9 Å². The van der Waals surface area contributed by atoms with Crippen molar-refractivity contribution in [1.82, 2.24) is 0 Å². The molecule has 2 N–H and O–H groups in total. The molecule has 0 aliphatic rings. The predicted molar refractivity (Wildman–Crippen MR) is 107 cm³/mol. The maximum Gasteiger partial charge on any atom is 0.269 e. The van der Waals surface area contributed by atoms with Crippen molar-refractivity contribution in [3.63, 3.8) is 0 Å². The number of anilines is 3. The van der Waals surface area contributed by atoms with Gasteiger partial charge >= 0.3 is 0 Å². The highest BCUT2D eigenvalue weighted by atomic mass is 16.6. The van der Waals surface area contributed by atoms with Gasteiger partial charge in [0.05, 0.1) is 4.92 Å². The molecule has 3 aromatic rings. The van der Waals surface area contributed by atoms with Gasteiger partial charge in [0.1, 0.15) is 0 Å². The minimum atomic E-state index is -0.462. The molecule has 0 heterocycles. The summed E-state index contributed by atoms with van der Waals surface area (Å²) in [4.78, 5) is 22.2. The summed E-state index contributed by atoms with van der Waals surface area (Å²) in [6, 6.07) is 23.1. The first kappa shape index (κ1) is 17.9. The zero-order valence-electron chi connectivity index (χ0n) is 14.3. The number of benzene rings is 3. The SMILES string of the molecule is O=C(/C=C/c1ccc([N+](=O)[O-])cc1)Nc1ccc(Nc2ccccc2)cc1. The molecule has 0 fully saturated rings. The normalized spacial score (nSPS) is 10.5. The van der Waals surface area contributed by atoms with E-state index in [1.54, 1.807) is 18.2 Å². The van der Waals surface area contributed by atoms with Crippen LogP contribution in [0, 0.1) is 10.1 Å². The average Bonchev–Trinajstić information content (AvgIpc) is 2.69. The number of nitro benzene ring substituents is 1. The van der Waals surface area contributed by atoms with E-state index < -0.39 is 4.92 Å². The van der Waals surface area contributed by atoms with E-state index >= 15 is 0 Å². The third-order valence-electron chi connectivity index (χ3n) is 3.75. The molecule has 0 saturated carbocycles. The maximum atomic E-state index is 12.0. The summed E-state index contributed by atoms with van der Waals surface area (Å²) < 4.78 is 0. The van der Waals surface area contributed by atoms with Crippen LogP contribution < -0.4 is 10.6 Å². The van der Waals surface area contributed by atoms with Crippen molar-refractivity contribution in [2.24, 2.45) is 0 Å². The smallest absolute Gasteiger partial charge is 0.269 e. The Balaban J connectivity index is 1.56. The topological polar surface area (TPSA) is 84.3 Å². The lowest BCUT2D eigenvalue weighted by Gasteiger charge is -2.07. The van der Waals surface area contributed by atoms with Crippen LogP contribution in [0.1, 0.15) is 5.56 Å². The molecule has 0 aliphatic heterocycles. The van der Waals surface area contributed by atoms with Crippen molar-refractivity contribution in [1.29, 1.82) is 0 Å². The van der Waals surface area contributed by atoms with Crippen LogP contribution in [0.5, 0.6) is 0 Å². The van der Waals surface area contributed by atoms with Gasteiger partial charge in [0.2, 0.25) is 5.91 Å². The lowest BCUT2D eigenvalue weighted by molar-refractivity contribution is -0.384. The van der Waals surface area contributed by atoms with Crippen LogP contribution >= 0.6 is 0 Å². The Morgan fingerprint density at radius 3 is 2.04 bits per heavy atom. The molecule has 0 aromatic heterocycles. The highest BCUT2D eigenvalue weighted by Crippen LogP contribution is 2.19. The molecule has 0 unspecified atom stereocenters. The van der Waals surface area contributed by atoms with Crippen LogP contribution in [0.15, 0.2) is 84.9 Å². The lowest BCUT2D eigenvalue weighted by atomic mass is 10.2. The van der Waals surface area contributed by atoms with Gasteiger partial charge in [-0.15, -0.1) is 0 Å². The van der Waals surface area contributed by atoms with Crippen molar-refractivity contribution in [2.75, 3.05) is 10.6 Å². The molecule has 3 rings (SSSR count). The maximum absolute atomic E-state index is 12.0. The van der Waals surface area contributed by atoms with Crippen LogP contribution in [-0.4, -0.2) is 10.8 Å². The number of rotatable bonds is 6. The second-order valence-electron chi connectivity index (χ2n) is 5.74. The number of hydrogen-bond acceptors (Lipinski definition) is 4. The fourth-order valence-corrected chi connectivity index (χ4v) is 2.39. The summed E-state index contributed by atoms with van der Waals surface area (Å²) >= 11 is 0. The van der Waals surface area contributed by atoms with Crippen LogP contribution in [-0.2, 0) is 4.79 Å². The molecule has 6 heteroatoms. The zero-order chi connectivity index (χ0) is 19.1. The quantitative estimate of drug-likeness (QED) is 0.369. The Morgan fingerprint density at radius 2 is 1.41 bits per heavy atom. The molecule has 0 atom stereocenters. The molecule has 0 spiro atoms. The van der Waals surface area contributed by atoms with E-state index in [0.29, 0.717) is 11.3 Å². The number of nitro groups is 1. The van der Waals surface area contributed by atoms with E-state index in [2.05, 4.69) is 10.6 Å². The summed E-state index contributed by atoms with van der Waals surface area (Å²) in [5.74, 6) is -0.280. The van der Waals surface area contributed by atoms with Crippen molar-refractivity contribution in [3.8, 4) is 0 Å². The van der Waals surface area contributed by atoms with Gasteiger partial charge in [-0.2, -0.15) is 0 Å². The Hall–Kier alpha value is -3.93. The molecule has 0 bridgehead atoms. The molecule has 0 radical (unpaired) electrons. The highest BCUT2D eigenvalue weighted by molar-refractivity contribution is 6.02. The number of amides is 1. The summed E-state index contributed by atoms with van der Waals surface area (Å²) in [6.45, 7) is 0. The third-order valence-corrected chi connectivity index (χ3v) is 3.75. The number of non-ortho nitro benzene ring substituents is 1. The summed E-state index contributed by atoms with van der Waals surface area (Å²) in [5, 5.41) is 16.7. The Morgan fingerprint density at radius 1 is 0.815 bits per heavy atom. The number of nitrogens with one attached hydrogen (secondary N) is 2. The molecule has 134 valence electrons. The van der Waals surface area contributed by atoms with Crippen molar-refractivity contribution in [3.05, 3.63) is 101 Å². The van der Waals surface area contributed by atoms with Crippen LogP contribution in [0.2, 0.25) is 0 Å². The molecule has 6 nitrogen and oxygen atoms in total. The number of para-hydroxylation sites is 1. The number of carbonyl (C=O) groups is 1. The minimum absolute atomic E-state index is 0.0146. The van der Waals surface area contributed by atoms with Crippen LogP contribution in [0.4, 0.5) is 22.7 Å². The van der Waals surface area contributed by atoms with E-state index in [0.717, 1.165) is 11.4 Å². The Bertz CT molecular complexity index is 950. The first-order valence-corrected chi connectivity index (χ1v) is 8.26. The van der Waals surface area contributed by atoms with Gasteiger partial charge in [0.15, 0.2) is 0 Å². The molecular formula is C21H17N3O3. The van der Waals surface area contributed by atoms with E-state index in [1.165, 1.54) is 18.2 Å². The fraction of sp³-hybridized carbons (Fsp3) is 0. The number of hydrogen-bond donors (Lipinski definition) is 2. The standard InChI is InChI=1S/C21H17N3O3/c25-21(15-8-16-6-13-20(14-7-16)24(26)27)23-19-11-9-18(10-12-19)22-17-4-2-1-3-5-17/h1-15,22H,(H,23,25)/b15-8+. The average molecular weight is 359 g/mol. The summed E-state index contributed by atoms with van der Waals surface area (Å²) in [5.41, 5.74) is 3.30. The lowest BCUT2D eigenvalue weighted by Crippen LogP contribution is -2.07. The first-order chi connectivity index (χ1) is 13.1. The van der Waals surface area contributed by atoms with E-state index in [4.69, 9.17) is 0 Å². The van der Waals surface area contributed by atoms with Gasteiger partial charge in [-0.05, 0) is 60.2 Å². The Labute approximate surface area is 156 Å².